The zero-order valence-electron chi connectivity index (χ0n) is 11.0. The second-order valence-electron chi connectivity index (χ2n) is 4.48. The van der Waals surface area contributed by atoms with Crippen LogP contribution in [-0.4, -0.2) is 21.6 Å². The molecule has 6 heteroatoms. The van der Waals surface area contributed by atoms with E-state index in [1.807, 2.05) is 36.4 Å². The molecule has 0 radical (unpaired) electrons. The van der Waals surface area contributed by atoms with Crippen molar-refractivity contribution in [2.45, 2.75) is 6.10 Å². The molecule has 2 N–H and O–H groups in total. The van der Waals surface area contributed by atoms with Gasteiger partial charge in [-0.3, -0.25) is 0 Å². The summed E-state index contributed by atoms with van der Waals surface area (Å²) in [7, 11) is 0. The summed E-state index contributed by atoms with van der Waals surface area (Å²) in [6.07, 6.45) is 2.27. The topological polar surface area (TPSA) is 81.8 Å². The van der Waals surface area contributed by atoms with Crippen LogP contribution in [0.2, 0.25) is 0 Å². The molecule has 2 aromatic heterocycles. The van der Waals surface area contributed by atoms with Crippen LogP contribution in [0.15, 0.2) is 42.7 Å². The van der Waals surface area contributed by atoms with Crippen molar-refractivity contribution in [1.82, 2.24) is 9.97 Å². The maximum Gasteiger partial charge on any atom is 0.158 e. The number of aromatic nitrogens is 2. The predicted molar refractivity (Wildman–Crippen MR) is 82.0 cm³/mol. The molecule has 0 aliphatic rings. The first-order valence-electron chi connectivity index (χ1n) is 6.39. The van der Waals surface area contributed by atoms with Gasteiger partial charge in [0.05, 0.1) is 12.4 Å². The van der Waals surface area contributed by atoms with Crippen LogP contribution < -0.4 is 5.32 Å². The van der Waals surface area contributed by atoms with Crippen molar-refractivity contribution in [2.24, 2.45) is 0 Å². The molecule has 1 atom stereocenters. The fraction of sp³-hybridized carbons (Fsp3) is 0.133. The molecule has 5 nitrogen and oxygen atoms in total. The van der Waals surface area contributed by atoms with E-state index in [9.17, 15) is 5.11 Å². The molecule has 0 spiro atoms. The van der Waals surface area contributed by atoms with Gasteiger partial charge >= 0.3 is 0 Å². The van der Waals surface area contributed by atoms with E-state index < -0.39 is 6.10 Å². The van der Waals surface area contributed by atoms with E-state index in [0.29, 0.717) is 12.4 Å². The van der Waals surface area contributed by atoms with Gasteiger partial charge in [-0.15, -0.1) is 11.3 Å². The van der Waals surface area contributed by atoms with Crippen molar-refractivity contribution in [3.05, 3.63) is 53.3 Å². The average molecular weight is 296 g/mol. The van der Waals surface area contributed by atoms with Crippen LogP contribution in [0.25, 0.3) is 10.1 Å². The van der Waals surface area contributed by atoms with Crippen molar-refractivity contribution in [3.8, 4) is 6.07 Å². The Balaban J connectivity index is 1.68. The average Bonchev–Trinajstić information content (AvgIpc) is 2.97. The Hall–Kier alpha value is -2.49. The van der Waals surface area contributed by atoms with Crippen LogP contribution in [-0.2, 0) is 0 Å². The predicted octanol–water partition coefficient (Wildman–Crippen LogP) is 2.71. The van der Waals surface area contributed by atoms with E-state index in [1.165, 1.54) is 12.4 Å². The summed E-state index contributed by atoms with van der Waals surface area (Å²) in [5.41, 5.74) is 0.269. The van der Waals surface area contributed by atoms with Gasteiger partial charge in [0.1, 0.15) is 18.0 Å². The minimum absolute atomic E-state index is 0.269. The van der Waals surface area contributed by atoms with E-state index in [-0.39, 0.29) is 5.69 Å². The molecule has 1 unspecified atom stereocenters. The third-order valence-electron chi connectivity index (χ3n) is 3.02. The third kappa shape index (κ3) is 2.99. The zero-order chi connectivity index (χ0) is 14.7. The molecule has 1 aromatic carbocycles. The number of anilines is 1. The van der Waals surface area contributed by atoms with Crippen molar-refractivity contribution >= 4 is 27.2 Å². The Labute approximate surface area is 125 Å². The molecule has 0 aliphatic carbocycles. The fourth-order valence-electron chi connectivity index (χ4n) is 1.95. The number of thiophene rings is 1. The lowest BCUT2D eigenvalue weighted by atomic mass is 10.2. The van der Waals surface area contributed by atoms with E-state index >= 15 is 0 Å². The van der Waals surface area contributed by atoms with Crippen LogP contribution in [0.1, 0.15) is 16.7 Å². The highest BCUT2D eigenvalue weighted by Crippen LogP contribution is 2.29. The van der Waals surface area contributed by atoms with Crippen LogP contribution >= 0.6 is 11.3 Å². The van der Waals surface area contributed by atoms with Crippen molar-refractivity contribution in [1.29, 1.82) is 5.26 Å². The van der Waals surface area contributed by atoms with Gasteiger partial charge in [-0.1, -0.05) is 18.2 Å². The Morgan fingerprint density at radius 1 is 1.29 bits per heavy atom. The summed E-state index contributed by atoms with van der Waals surface area (Å²) in [6.45, 7) is 0.341. The van der Waals surface area contributed by atoms with Gasteiger partial charge in [-0.2, -0.15) is 5.26 Å². The van der Waals surface area contributed by atoms with Gasteiger partial charge in [0.25, 0.3) is 0 Å². The number of benzene rings is 1. The number of aliphatic hydroxyl groups excluding tert-OH is 1. The minimum atomic E-state index is -0.611. The standard InChI is InChI=1S/C15H12N4OS/c16-6-11-7-18-15(9-17-11)19-8-12(20)14-5-10-3-1-2-4-13(10)21-14/h1-5,7,9,12,20H,8H2,(H,18,19). The van der Waals surface area contributed by atoms with Crippen LogP contribution in [0.5, 0.6) is 0 Å². The minimum Gasteiger partial charge on any atom is -0.386 e. The Bertz CT molecular complexity index is 758. The van der Waals surface area contributed by atoms with Crippen molar-refractivity contribution in [2.75, 3.05) is 11.9 Å². The summed E-state index contributed by atoms with van der Waals surface area (Å²) in [5.74, 6) is 0.536. The van der Waals surface area contributed by atoms with Crippen molar-refractivity contribution < 1.29 is 5.11 Å². The normalized spacial score (nSPS) is 12.0. The van der Waals surface area contributed by atoms with Crippen LogP contribution in [0.4, 0.5) is 5.82 Å². The number of hydrogen-bond donors (Lipinski definition) is 2. The Morgan fingerprint density at radius 2 is 2.14 bits per heavy atom. The lowest BCUT2D eigenvalue weighted by Gasteiger charge is -2.10. The lowest BCUT2D eigenvalue weighted by molar-refractivity contribution is 0.195. The monoisotopic (exact) mass is 296 g/mol. The molecule has 2 heterocycles. The van der Waals surface area contributed by atoms with Crippen LogP contribution in [0.3, 0.4) is 0 Å². The smallest absolute Gasteiger partial charge is 0.158 e. The van der Waals surface area contributed by atoms with Gasteiger partial charge in [-0.25, -0.2) is 9.97 Å². The summed E-state index contributed by atoms with van der Waals surface area (Å²) in [6, 6.07) is 11.9. The van der Waals surface area contributed by atoms with E-state index in [4.69, 9.17) is 5.26 Å². The Kier molecular flexibility index (Phi) is 3.77. The number of nitrogens with zero attached hydrogens (tertiary/aromatic N) is 3. The highest BCUT2D eigenvalue weighted by Gasteiger charge is 2.11. The van der Waals surface area contributed by atoms with E-state index in [2.05, 4.69) is 15.3 Å². The highest BCUT2D eigenvalue weighted by atomic mass is 32.1. The van der Waals surface area contributed by atoms with Gasteiger partial charge < -0.3 is 10.4 Å². The molecule has 21 heavy (non-hydrogen) atoms. The first kappa shape index (κ1) is 13.5. The number of nitriles is 1. The summed E-state index contributed by atoms with van der Waals surface area (Å²) >= 11 is 1.58. The molecule has 0 bridgehead atoms. The van der Waals surface area contributed by atoms with E-state index in [0.717, 1.165) is 15.0 Å². The number of fused-ring (bicyclic) bond motifs is 1. The molecular formula is C15H12N4OS. The maximum absolute atomic E-state index is 10.2. The molecule has 3 aromatic rings. The molecule has 0 saturated heterocycles. The molecule has 0 saturated carbocycles. The second-order valence-corrected chi connectivity index (χ2v) is 5.60. The summed E-state index contributed by atoms with van der Waals surface area (Å²) < 4.78 is 1.16. The quantitative estimate of drug-likeness (QED) is 0.773. The van der Waals surface area contributed by atoms with Gasteiger partial charge in [0, 0.05) is 16.1 Å². The zero-order valence-corrected chi connectivity index (χ0v) is 11.8. The fourth-order valence-corrected chi connectivity index (χ4v) is 3.00. The van der Waals surface area contributed by atoms with Gasteiger partial charge in [0.2, 0.25) is 0 Å². The lowest BCUT2D eigenvalue weighted by Crippen LogP contribution is -2.12. The summed E-state index contributed by atoms with van der Waals surface area (Å²) in [5, 5.41) is 23.0. The van der Waals surface area contributed by atoms with Gasteiger partial charge in [0.15, 0.2) is 5.69 Å². The number of aliphatic hydroxyl groups is 1. The highest BCUT2D eigenvalue weighted by molar-refractivity contribution is 7.19. The molecule has 3 rings (SSSR count). The molecule has 0 fully saturated rings. The molecule has 0 aliphatic heterocycles. The SMILES string of the molecule is N#Cc1cnc(NCC(O)c2cc3ccccc3s2)cn1. The first-order chi connectivity index (χ1) is 10.3. The van der Waals surface area contributed by atoms with Crippen LogP contribution in [0, 0.1) is 11.3 Å². The Morgan fingerprint density at radius 3 is 2.86 bits per heavy atom. The number of nitrogens with one attached hydrogen (secondary N) is 1. The molecule has 0 amide bonds. The number of rotatable bonds is 4. The largest absolute Gasteiger partial charge is 0.386 e. The van der Waals surface area contributed by atoms with Gasteiger partial charge in [-0.05, 0) is 17.5 Å². The van der Waals surface area contributed by atoms with E-state index in [1.54, 1.807) is 11.3 Å². The third-order valence-corrected chi connectivity index (χ3v) is 4.23. The summed E-state index contributed by atoms with van der Waals surface area (Å²) in [4.78, 5) is 8.88. The number of hydrogen-bond acceptors (Lipinski definition) is 6. The second kappa shape index (κ2) is 5.87. The first-order valence-corrected chi connectivity index (χ1v) is 7.20. The molecular weight excluding hydrogens is 284 g/mol. The maximum atomic E-state index is 10.2. The molecule has 104 valence electrons. The van der Waals surface area contributed by atoms with Crippen molar-refractivity contribution in [3.63, 3.8) is 0 Å².